The standard InChI is InChI=1S/C23H26N4O2/c1-29-22-9-5-4-8-20(22)23(28)27(19-6-2-3-7-19)17-16-26-15-12-21(25-26)18-10-13-24-14-11-18/h4-5,8-15,19H,2-3,6-7,16-17H2,1H3. The Morgan fingerprint density at radius 3 is 2.66 bits per heavy atom. The van der Waals surface area contributed by atoms with Crippen molar-refractivity contribution in [3.05, 3.63) is 66.6 Å². The van der Waals surface area contributed by atoms with Crippen LogP contribution in [0.15, 0.2) is 61.1 Å². The molecule has 4 rings (SSSR count). The first-order valence-corrected chi connectivity index (χ1v) is 10.1. The predicted molar refractivity (Wildman–Crippen MR) is 112 cm³/mol. The molecular weight excluding hydrogens is 364 g/mol. The zero-order valence-corrected chi connectivity index (χ0v) is 16.7. The maximum absolute atomic E-state index is 13.4. The number of amides is 1. The number of carbonyl (C=O) groups excluding carboxylic acids is 1. The Morgan fingerprint density at radius 1 is 1.14 bits per heavy atom. The third-order valence-electron chi connectivity index (χ3n) is 5.55. The normalized spacial score (nSPS) is 14.1. The van der Waals surface area contributed by atoms with Crippen molar-refractivity contribution < 1.29 is 9.53 Å². The number of rotatable bonds is 7. The van der Waals surface area contributed by atoms with Gasteiger partial charge in [-0.3, -0.25) is 14.5 Å². The number of para-hydroxylation sites is 1. The summed E-state index contributed by atoms with van der Waals surface area (Å²) in [5.74, 6) is 0.662. The van der Waals surface area contributed by atoms with Gasteiger partial charge < -0.3 is 9.64 Å². The number of hydrogen-bond acceptors (Lipinski definition) is 4. The van der Waals surface area contributed by atoms with Gasteiger partial charge in [0.05, 0.1) is 24.9 Å². The Balaban J connectivity index is 1.51. The van der Waals surface area contributed by atoms with Crippen molar-refractivity contribution in [3.8, 4) is 17.0 Å². The van der Waals surface area contributed by atoms with Gasteiger partial charge in [0.25, 0.3) is 5.91 Å². The summed E-state index contributed by atoms with van der Waals surface area (Å²) in [5, 5.41) is 4.67. The fourth-order valence-electron chi connectivity index (χ4n) is 4.01. The van der Waals surface area contributed by atoms with Gasteiger partial charge in [-0.1, -0.05) is 25.0 Å². The van der Waals surface area contributed by atoms with Crippen LogP contribution in [0.3, 0.4) is 0 Å². The van der Waals surface area contributed by atoms with E-state index in [0.717, 1.165) is 24.1 Å². The highest BCUT2D eigenvalue weighted by Crippen LogP contribution is 2.27. The van der Waals surface area contributed by atoms with E-state index in [-0.39, 0.29) is 11.9 Å². The first kappa shape index (κ1) is 19.2. The number of nitrogens with zero attached hydrogens (tertiary/aromatic N) is 4. The van der Waals surface area contributed by atoms with Crippen molar-refractivity contribution in [1.29, 1.82) is 0 Å². The molecule has 1 fully saturated rings. The highest BCUT2D eigenvalue weighted by molar-refractivity contribution is 5.97. The Kier molecular flexibility index (Phi) is 5.89. The van der Waals surface area contributed by atoms with Crippen LogP contribution in [0.25, 0.3) is 11.3 Å². The van der Waals surface area contributed by atoms with E-state index >= 15 is 0 Å². The zero-order valence-electron chi connectivity index (χ0n) is 16.7. The van der Waals surface area contributed by atoms with Crippen LogP contribution in [0, 0.1) is 0 Å². The number of aromatic nitrogens is 3. The van der Waals surface area contributed by atoms with E-state index in [1.165, 1.54) is 12.8 Å². The molecule has 6 heteroatoms. The second-order valence-electron chi connectivity index (χ2n) is 7.34. The minimum Gasteiger partial charge on any atom is -0.496 e. The molecule has 0 radical (unpaired) electrons. The lowest BCUT2D eigenvalue weighted by molar-refractivity contribution is 0.0668. The molecule has 0 unspecified atom stereocenters. The van der Waals surface area contributed by atoms with Crippen LogP contribution in [0.1, 0.15) is 36.0 Å². The predicted octanol–water partition coefficient (Wildman–Crippen LogP) is 4.04. The molecule has 0 aliphatic heterocycles. The molecule has 2 aromatic heterocycles. The average Bonchev–Trinajstić information content (AvgIpc) is 3.47. The van der Waals surface area contributed by atoms with Crippen molar-refractivity contribution in [2.75, 3.05) is 13.7 Å². The summed E-state index contributed by atoms with van der Waals surface area (Å²) < 4.78 is 7.33. The highest BCUT2D eigenvalue weighted by Gasteiger charge is 2.28. The van der Waals surface area contributed by atoms with Gasteiger partial charge in [0.15, 0.2) is 0 Å². The third kappa shape index (κ3) is 4.31. The molecule has 0 N–H and O–H groups in total. The molecule has 0 spiro atoms. The zero-order chi connectivity index (χ0) is 20.1. The number of benzene rings is 1. The molecule has 29 heavy (non-hydrogen) atoms. The van der Waals surface area contributed by atoms with E-state index in [2.05, 4.69) is 10.1 Å². The van der Waals surface area contributed by atoms with Crippen molar-refractivity contribution >= 4 is 5.91 Å². The maximum Gasteiger partial charge on any atom is 0.257 e. The largest absolute Gasteiger partial charge is 0.496 e. The fourth-order valence-corrected chi connectivity index (χ4v) is 4.01. The smallest absolute Gasteiger partial charge is 0.257 e. The number of hydrogen-bond donors (Lipinski definition) is 0. The number of carbonyl (C=O) groups is 1. The summed E-state index contributed by atoms with van der Waals surface area (Å²) in [6.07, 6.45) is 9.97. The van der Waals surface area contributed by atoms with E-state index in [4.69, 9.17) is 4.74 Å². The monoisotopic (exact) mass is 390 g/mol. The fraction of sp³-hybridized carbons (Fsp3) is 0.348. The van der Waals surface area contributed by atoms with Gasteiger partial charge in [-0.25, -0.2) is 0 Å². The van der Waals surface area contributed by atoms with Crippen LogP contribution < -0.4 is 4.74 Å². The molecule has 1 aromatic carbocycles. The van der Waals surface area contributed by atoms with Crippen LogP contribution in [-0.4, -0.2) is 45.3 Å². The van der Waals surface area contributed by atoms with Crippen LogP contribution >= 0.6 is 0 Å². The van der Waals surface area contributed by atoms with Crippen molar-refractivity contribution in [2.45, 2.75) is 38.3 Å². The average molecular weight is 390 g/mol. The molecule has 0 saturated heterocycles. The number of methoxy groups -OCH3 is 1. The molecule has 1 aliphatic rings. The van der Waals surface area contributed by atoms with E-state index in [1.807, 2.05) is 58.2 Å². The Morgan fingerprint density at radius 2 is 1.90 bits per heavy atom. The Hall–Kier alpha value is -3.15. The van der Waals surface area contributed by atoms with Gasteiger partial charge in [0.1, 0.15) is 5.75 Å². The van der Waals surface area contributed by atoms with Gasteiger partial charge in [0.2, 0.25) is 0 Å². The molecule has 150 valence electrons. The van der Waals surface area contributed by atoms with Gasteiger partial charge in [-0.15, -0.1) is 0 Å². The van der Waals surface area contributed by atoms with Crippen LogP contribution in [0.4, 0.5) is 0 Å². The third-order valence-corrected chi connectivity index (χ3v) is 5.55. The first-order valence-electron chi connectivity index (χ1n) is 10.1. The number of ether oxygens (including phenoxy) is 1. The maximum atomic E-state index is 13.4. The van der Waals surface area contributed by atoms with E-state index in [0.29, 0.717) is 24.4 Å². The molecule has 1 amide bonds. The summed E-state index contributed by atoms with van der Waals surface area (Å²) in [7, 11) is 1.61. The second kappa shape index (κ2) is 8.90. The Bertz CT molecular complexity index is 948. The van der Waals surface area contributed by atoms with Crippen LogP contribution in [0.2, 0.25) is 0 Å². The van der Waals surface area contributed by atoms with Crippen molar-refractivity contribution in [3.63, 3.8) is 0 Å². The minimum atomic E-state index is 0.0378. The van der Waals surface area contributed by atoms with Gasteiger partial charge in [-0.2, -0.15) is 5.10 Å². The van der Waals surface area contributed by atoms with E-state index in [9.17, 15) is 4.79 Å². The first-order chi connectivity index (χ1) is 14.3. The highest BCUT2D eigenvalue weighted by atomic mass is 16.5. The SMILES string of the molecule is COc1ccccc1C(=O)N(CCn1ccc(-c2ccncc2)n1)C1CCCC1. The van der Waals surface area contributed by atoms with E-state index in [1.54, 1.807) is 19.5 Å². The lowest BCUT2D eigenvalue weighted by Crippen LogP contribution is -2.41. The van der Waals surface area contributed by atoms with Gasteiger partial charge in [0, 0.05) is 36.7 Å². The lowest BCUT2D eigenvalue weighted by atomic mass is 10.1. The van der Waals surface area contributed by atoms with Gasteiger partial charge in [-0.05, 0) is 43.2 Å². The van der Waals surface area contributed by atoms with Crippen LogP contribution in [-0.2, 0) is 6.54 Å². The molecule has 3 aromatic rings. The number of pyridine rings is 1. The molecule has 0 atom stereocenters. The summed E-state index contributed by atoms with van der Waals surface area (Å²) >= 11 is 0. The molecule has 2 heterocycles. The van der Waals surface area contributed by atoms with Crippen LogP contribution in [0.5, 0.6) is 5.75 Å². The Labute approximate surface area is 171 Å². The second-order valence-corrected chi connectivity index (χ2v) is 7.34. The van der Waals surface area contributed by atoms with E-state index < -0.39 is 0 Å². The summed E-state index contributed by atoms with van der Waals surface area (Å²) in [6, 6.07) is 13.6. The summed E-state index contributed by atoms with van der Waals surface area (Å²) in [4.78, 5) is 19.4. The van der Waals surface area contributed by atoms with Crippen molar-refractivity contribution in [1.82, 2.24) is 19.7 Å². The minimum absolute atomic E-state index is 0.0378. The van der Waals surface area contributed by atoms with Crippen molar-refractivity contribution in [2.24, 2.45) is 0 Å². The quantitative estimate of drug-likeness (QED) is 0.611. The lowest BCUT2D eigenvalue weighted by Gasteiger charge is -2.29. The summed E-state index contributed by atoms with van der Waals surface area (Å²) in [6.45, 7) is 1.28. The molecule has 1 saturated carbocycles. The summed E-state index contributed by atoms with van der Waals surface area (Å²) in [5.41, 5.74) is 2.58. The molecule has 6 nitrogen and oxygen atoms in total. The molecular formula is C23H26N4O2. The van der Waals surface area contributed by atoms with Gasteiger partial charge >= 0.3 is 0 Å². The molecule has 1 aliphatic carbocycles. The topological polar surface area (TPSA) is 60.2 Å². The molecule has 0 bridgehead atoms.